The quantitative estimate of drug-likeness (QED) is 0.805. The number of rotatable bonds is 6. The van der Waals surface area contributed by atoms with Crippen LogP contribution in [0.2, 0.25) is 0 Å². The molecule has 1 rings (SSSR count). The van der Waals surface area contributed by atoms with Crippen molar-refractivity contribution in [2.75, 3.05) is 28.4 Å². The predicted octanol–water partition coefficient (Wildman–Crippen LogP) is 2.33. The Labute approximate surface area is 137 Å². The molecule has 1 aromatic carbocycles. The summed E-state index contributed by atoms with van der Waals surface area (Å²) < 4.78 is 20.7. The predicted molar refractivity (Wildman–Crippen MR) is 86.1 cm³/mol. The number of ether oxygens (including phenoxy) is 4. The zero-order valence-corrected chi connectivity index (χ0v) is 14.6. The normalized spacial score (nSPS) is 12.0. The molecular formula is C15H24ClNO5. The van der Waals surface area contributed by atoms with Gasteiger partial charge in [-0.25, -0.2) is 0 Å². The average Bonchev–Trinajstić information content (AvgIpc) is 2.51. The summed E-state index contributed by atoms with van der Waals surface area (Å²) in [5.74, 6) is 1.07. The van der Waals surface area contributed by atoms with Crippen LogP contribution in [0.3, 0.4) is 0 Å². The number of halogens is 1. The van der Waals surface area contributed by atoms with Crippen LogP contribution in [-0.4, -0.2) is 34.4 Å². The first-order valence-electron chi connectivity index (χ1n) is 6.47. The van der Waals surface area contributed by atoms with E-state index in [1.165, 1.54) is 28.4 Å². The Bertz CT molecular complexity index is 494. The third-order valence-electron chi connectivity index (χ3n) is 3.54. The second kappa shape index (κ2) is 8.10. The minimum absolute atomic E-state index is 0. The smallest absolute Gasteiger partial charge is 0.313 e. The van der Waals surface area contributed by atoms with Crippen LogP contribution in [0, 0.1) is 5.41 Å². The van der Waals surface area contributed by atoms with E-state index in [1.54, 1.807) is 26.0 Å². The van der Waals surface area contributed by atoms with E-state index in [0.717, 1.165) is 0 Å². The number of carbonyl (C=O) groups excluding carboxylic acids is 1. The number of hydrogen-bond donors (Lipinski definition) is 1. The summed E-state index contributed by atoms with van der Waals surface area (Å²) in [5, 5.41) is 0. The lowest BCUT2D eigenvalue weighted by Crippen LogP contribution is -2.37. The zero-order chi connectivity index (χ0) is 16.2. The van der Waals surface area contributed by atoms with E-state index in [0.29, 0.717) is 22.8 Å². The topological polar surface area (TPSA) is 80.0 Å². The van der Waals surface area contributed by atoms with Crippen molar-refractivity contribution in [3.8, 4) is 17.2 Å². The molecule has 0 saturated carbocycles. The van der Waals surface area contributed by atoms with Gasteiger partial charge in [-0.3, -0.25) is 4.79 Å². The van der Waals surface area contributed by atoms with Gasteiger partial charge in [0.15, 0.2) is 11.5 Å². The van der Waals surface area contributed by atoms with Gasteiger partial charge in [0, 0.05) is 6.04 Å². The molecule has 7 heteroatoms. The maximum absolute atomic E-state index is 11.9. The maximum atomic E-state index is 11.9. The van der Waals surface area contributed by atoms with Crippen LogP contribution in [-0.2, 0) is 9.53 Å². The second-order valence-electron chi connectivity index (χ2n) is 5.15. The third kappa shape index (κ3) is 3.75. The first kappa shape index (κ1) is 20.3. The molecular weight excluding hydrogens is 310 g/mol. The highest BCUT2D eigenvalue weighted by molar-refractivity contribution is 5.85. The summed E-state index contributed by atoms with van der Waals surface area (Å²) >= 11 is 0. The zero-order valence-electron chi connectivity index (χ0n) is 13.8. The first-order chi connectivity index (χ1) is 9.83. The van der Waals surface area contributed by atoms with Gasteiger partial charge in [-0.15, -0.1) is 12.4 Å². The molecule has 22 heavy (non-hydrogen) atoms. The van der Waals surface area contributed by atoms with Crippen LogP contribution in [0.25, 0.3) is 0 Å². The second-order valence-corrected chi connectivity index (χ2v) is 5.15. The van der Waals surface area contributed by atoms with E-state index in [-0.39, 0.29) is 18.4 Å². The molecule has 0 fully saturated rings. The summed E-state index contributed by atoms with van der Waals surface area (Å²) in [4.78, 5) is 11.9. The van der Waals surface area contributed by atoms with Gasteiger partial charge in [0.05, 0.1) is 33.9 Å². The molecule has 0 radical (unpaired) electrons. The molecule has 0 aliphatic carbocycles. The van der Waals surface area contributed by atoms with Crippen LogP contribution in [0.15, 0.2) is 12.1 Å². The largest absolute Gasteiger partial charge is 0.493 e. The highest BCUT2D eigenvalue weighted by atomic mass is 35.5. The number of hydrogen-bond acceptors (Lipinski definition) is 6. The third-order valence-corrected chi connectivity index (χ3v) is 3.54. The van der Waals surface area contributed by atoms with E-state index in [1.807, 2.05) is 0 Å². The molecule has 0 aliphatic rings. The summed E-state index contributed by atoms with van der Waals surface area (Å²) in [7, 11) is 5.92. The fourth-order valence-electron chi connectivity index (χ4n) is 2.09. The minimum Gasteiger partial charge on any atom is -0.493 e. The monoisotopic (exact) mass is 333 g/mol. The van der Waals surface area contributed by atoms with Crippen molar-refractivity contribution in [2.24, 2.45) is 11.1 Å². The van der Waals surface area contributed by atoms with Gasteiger partial charge in [0.25, 0.3) is 0 Å². The molecule has 0 bridgehead atoms. The van der Waals surface area contributed by atoms with Gasteiger partial charge in [0.2, 0.25) is 5.75 Å². The molecule has 126 valence electrons. The fraction of sp³-hybridized carbons (Fsp3) is 0.533. The van der Waals surface area contributed by atoms with E-state index < -0.39 is 11.5 Å². The summed E-state index contributed by atoms with van der Waals surface area (Å²) in [5.41, 5.74) is 6.04. The van der Waals surface area contributed by atoms with E-state index in [9.17, 15) is 4.79 Å². The molecule has 2 N–H and O–H groups in total. The molecule has 0 heterocycles. The van der Waals surface area contributed by atoms with Gasteiger partial charge in [-0.1, -0.05) is 0 Å². The summed E-state index contributed by atoms with van der Waals surface area (Å²) in [6, 6.07) is 2.88. The van der Waals surface area contributed by atoms with Gasteiger partial charge in [-0.05, 0) is 31.5 Å². The lowest BCUT2D eigenvalue weighted by molar-refractivity contribution is -0.152. The van der Waals surface area contributed by atoms with E-state index in [4.69, 9.17) is 24.7 Å². The standard InChI is InChI=1S/C15H23NO5.ClH/c1-15(2,14(17)21-6)13(16)9-7-10(18-3)12(20-5)11(8-9)19-4;/h7-8,13H,16H2,1-6H3;1H/t13-;/m0./s1. The molecule has 0 amide bonds. The van der Waals surface area contributed by atoms with Crippen LogP contribution in [0.5, 0.6) is 17.2 Å². The number of carbonyl (C=O) groups is 1. The Morgan fingerprint density at radius 1 is 1.05 bits per heavy atom. The summed E-state index contributed by atoms with van der Waals surface area (Å²) in [6.45, 7) is 3.46. The lowest BCUT2D eigenvalue weighted by Gasteiger charge is -2.29. The fourth-order valence-corrected chi connectivity index (χ4v) is 2.09. The number of methoxy groups -OCH3 is 4. The van der Waals surface area contributed by atoms with Crippen molar-refractivity contribution in [1.29, 1.82) is 0 Å². The Balaban J connectivity index is 0.00000441. The van der Waals surface area contributed by atoms with Gasteiger partial charge in [-0.2, -0.15) is 0 Å². The molecule has 0 spiro atoms. The Hall–Kier alpha value is -1.66. The van der Waals surface area contributed by atoms with Crippen LogP contribution in [0.1, 0.15) is 25.5 Å². The Morgan fingerprint density at radius 2 is 1.50 bits per heavy atom. The van der Waals surface area contributed by atoms with Crippen LogP contribution >= 0.6 is 12.4 Å². The number of esters is 1. The Kier molecular flexibility index (Phi) is 7.49. The lowest BCUT2D eigenvalue weighted by atomic mass is 9.81. The van der Waals surface area contributed by atoms with Crippen LogP contribution in [0.4, 0.5) is 0 Å². The minimum atomic E-state index is -0.890. The van der Waals surface area contributed by atoms with Gasteiger partial charge in [0.1, 0.15) is 0 Å². The number of nitrogens with two attached hydrogens (primary N) is 1. The first-order valence-corrected chi connectivity index (χ1v) is 6.47. The van der Waals surface area contributed by atoms with Gasteiger partial charge >= 0.3 is 5.97 Å². The maximum Gasteiger partial charge on any atom is 0.313 e. The van der Waals surface area contributed by atoms with Gasteiger partial charge < -0.3 is 24.7 Å². The molecule has 0 aromatic heterocycles. The van der Waals surface area contributed by atoms with Crippen LogP contribution < -0.4 is 19.9 Å². The van der Waals surface area contributed by atoms with E-state index >= 15 is 0 Å². The Morgan fingerprint density at radius 3 is 1.82 bits per heavy atom. The van der Waals surface area contributed by atoms with Crippen molar-refractivity contribution in [2.45, 2.75) is 19.9 Å². The highest BCUT2D eigenvalue weighted by Crippen LogP contribution is 2.42. The van der Waals surface area contributed by atoms with E-state index in [2.05, 4.69) is 0 Å². The van der Waals surface area contributed by atoms with Crippen molar-refractivity contribution < 1.29 is 23.7 Å². The van der Waals surface area contributed by atoms with Crippen molar-refractivity contribution >= 4 is 18.4 Å². The van der Waals surface area contributed by atoms with Crippen molar-refractivity contribution in [3.63, 3.8) is 0 Å². The van der Waals surface area contributed by atoms with Crippen molar-refractivity contribution in [3.05, 3.63) is 17.7 Å². The molecule has 6 nitrogen and oxygen atoms in total. The molecule has 1 atom stereocenters. The summed E-state index contributed by atoms with van der Waals surface area (Å²) in [6.07, 6.45) is 0. The average molecular weight is 334 g/mol. The molecule has 0 unspecified atom stereocenters. The number of benzene rings is 1. The SMILES string of the molecule is COC(=O)C(C)(C)[C@@H](N)c1cc(OC)c(OC)c(OC)c1.Cl. The molecule has 1 aromatic rings. The molecule has 0 saturated heterocycles. The molecule has 0 aliphatic heterocycles. The van der Waals surface area contributed by atoms with Crippen molar-refractivity contribution in [1.82, 2.24) is 0 Å². The highest BCUT2D eigenvalue weighted by Gasteiger charge is 2.37.